The molecule has 1 aliphatic heterocycles. The van der Waals surface area contributed by atoms with Gasteiger partial charge in [0.15, 0.2) is 0 Å². The van der Waals surface area contributed by atoms with Crippen LogP contribution >= 0.6 is 11.3 Å². The van der Waals surface area contributed by atoms with E-state index in [4.69, 9.17) is 10.7 Å². The van der Waals surface area contributed by atoms with E-state index in [1.165, 1.54) is 22.5 Å². The minimum atomic E-state index is -0.190. The zero-order valence-electron chi connectivity index (χ0n) is 19.3. The maximum atomic E-state index is 13.2. The molecule has 0 radical (unpaired) electrons. The molecule has 1 amide bonds. The highest BCUT2D eigenvalue weighted by Crippen LogP contribution is 2.36. The summed E-state index contributed by atoms with van der Waals surface area (Å²) in [6.07, 6.45) is 1.94. The van der Waals surface area contributed by atoms with Gasteiger partial charge in [-0.15, -0.1) is 11.3 Å². The third-order valence-electron chi connectivity index (χ3n) is 6.75. The molecule has 0 atom stereocenters. The van der Waals surface area contributed by atoms with Crippen LogP contribution in [0.5, 0.6) is 0 Å². The molecule has 0 bridgehead atoms. The van der Waals surface area contributed by atoms with Crippen molar-refractivity contribution < 1.29 is 4.79 Å². The van der Waals surface area contributed by atoms with Crippen LogP contribution in [0.2, 0.25) is 0 Å². The lowest BCUT2D eigenvalue weighted by molar-refractivity contribution is 0.103. The monoisotopic (exact) mass is 478 g/mol. The van der Waals surface area contributed by atoms with Gasteiger partial charge in [-0.05, 0) is 35.1 Å². The first-order valence-corrected chi connectivity index (χ1v) is 12.7. The zero-order valence-corrected chi connectivity index (χ0v) is 20.1. The summed E-state index contributed by atoms with van der Waals surface area (Å²) in [4.78, 5) is 22.0. The first-order valence-electron chi connectivity index (χ1n) is 11.9. The number of rotatable bonds is 5. The fourth-order valence-corrected chi connectivity index (χ4v) is 5.85. The second-order valence-corrected chi connectivity index (χ2v) is 10.0. The van der Waals surface area contributed by atoms with Crippen molar-refractivity contribution in [1.82, 2.24) is 9.88 Å². The predicted molar refractivity (Wildman–Crippen MR) is 145 cm³/mol. The van der Waals surface area contributed by atoms with Crippen LogP contribution in [0, 0.1) is 0 Å². The molecule has 0 fully saturated rings. The Kier molecular flexibility index (Phi) is 5.68. The number of aromatic nitrogens is 1. The summed E-state index contributed by atoms with van der Waals surface area (Å²) in [5.74, 6) is -0.190. The van der Waals surface area contributed by atoms with E-state index < -0.39 is 0 Å². The number of carbonyl (C=O) groups excluding carboxylic acids is 1. The quantitative estimate of drug-likeness (QED) is 0.331. The van der Waals surface area contributed by atoms with Gasteiger partial charge in [-0.25, -0.2) is 4.98 Å². The summed E-state index contributed by atoms with van der Waals surface area (Å²) in [6.45, 7) is 2.87. The standard InChI is InChI=1S/C29H26N4OS/c30-26-23-17-21-18-33(15-13-19-7-2-1-3-8-19)16-14-24(21)32-29(23)35-27(26)28(34)31-25-12-6-10-20-9-4-5-11-22(20)25/h1-12,17H,13-16,18,30H2,(H,31,34). The van der Waals surface area contributed by atoms with E-state index in [2.05, 4.69) is 46.6 Å². The predicted octanol–water partition coefficient (Wildman–Crippen LogP) is 5.88. The Morgan fingerprint density at radius 2 is 1.80 bits per heavy atom. The third-order valence-corrected chi connectivity index (χ3v) is 7.87. The van der Waals surface area contributed by atoms with Gasteiger partial charge < -0.3 is 11.1 Å². The van der Waals surface area contributed by atoms with E-state index in [0.717, 1.165) is 64.8 Å². The van der Waals surface area contributed by atoms with E-state index in [1.54, 1.807) is 0 Å². The van der Waals surface area contributed by atoms with Crippen molar-refractivity contribution in [2.45, 2.75) is 19.4 Å². The van der Waals surface area contributed by atoms with Crippen LogP contribution in [0.15, 0.2) is 78.9 Å². The fraction of sp³-hybridized carbons (Fsp3) is 0.172. The molecule has 174 valence electrons. The molecule has 0 spiro atoms. The number of hydrogen-bond acceptors (Lipinski definition) is 5. The Bertz CT molecular complexity index is 1540. The normalized spacial score (nSPS) is 13.7. The Morgan fingerprint density at radius 3 is 2.69 bits per heavy atom. The van der Waals surface area contributed by atoms with Crippen LogP contribution < -0.4 is 11.1 Å². The first-order chi connectivity index (χ1) is 17.2. The number of carbonyl (C=O) groups is 1. The smallest absolute Gasteiger partial charge is 0.267 e. The SMILES string of the molecule is Nc1c(C(=O)Nc2cccc3ccccc23)sc2nc3c(cc12)CN(CCc1ccccc1)CC3. The highest BCUT2D eigenvalue weighted by molar-refractivity contribution is 7.21. The molecule has 0 aliphatic carbocycles. The molecule has 6 heteroatoms. The van der Waals surface area contributed by atoms with Crippen molar-refractivity contribution in [1.29, 1.82) is 0 Å². The molecular formula is C29H26N4OS. The van der Waals surface area contributed by atoms with Crippen molar-refractivity contribution in [3.63, 3.8) is 0 Å². The molecule has 3 heterocycles. The number of thiophene rings is 1. The summed E-state index contributed by atoms with van der Waals surface area (Å²) < 4.78 is 0. The molecule has 3 aromatic carbocycles. The van der Waals surface area contributed by atoms with Crippen LogP contribution in [-0.2, 0) is 19.4 Å². The van der Waals surface area contributed by atoms with Crippen molar-refractivity contribution >= 4 is 49.6 Å². The Labute approximate surface area is 208 Å². The number of nitrogen functional groups attached to an aromatic ring is 1. The minimum absolute atomic E-state index is 0.190. The molecule has 5 nitrogen and oxygen atoms in total. The summed E-state index contributed by atoms with van der Waals surface area (Å²) in [6, 6.07) is 26.7. The molecule has 0 saturated heterocycles. The van der Waals surface area contributed by atoms with E-state index >= 15 is 0 Å². The minimum Gasteiger partial charge on any atom is -0.397 e. The van der Waals surface area contributed by atoms with Crippen LogP contribution in [0.3, 0.4) is 0 Å². The summed E-state index contributed by atoms with van der Waals surface area (Å²) in [7, 11) is 0. The van der Waals surface area contributed by atoms with Crippen molar-refractivity contribution in [2.75, 3.05) is 24.1 Å². The molecular weight excluding hydrogens is 452 g/mol. The summed E-state index contributed by atoms with van der Waals surface area (Å²) in [5.41, 5.74) is 11.5. The molecule has 6 rings (SSSR count). The fourth-order valence-electron chi connectivity index (χ4n) is 4.86. The molecule has 0 unspecified atom stereocenters. The first kappa shape index (κ1) is 21.8. The van der Waals surface area contributed by atoms with Gasteiger partial charge in [-0.2, -0.15) is 0 Å². The molecule has 5 aromatic rings. The lowest BCUT2D eigenvalue weighted by Crippen LogP contribution is -2.32. The molecule has 3 N–H and O–H groups in total. The van der Waals surface area contributed by atoms with E-state index in [-0.39, 0.29) is 5.91 Å². The van der Waals surface area contributed by atoms with Gasteiger partial charge in [-0.1, -0.05) is 66.7 Å². The number of nitrogens with zero attached hydrogens (tertiary/aromatic N) is 2. The number of benzene rings is 3. The molecule has 1 aliphatic rings. The van der Waals surface area contributed by atoms with Crippen LogP contribution in [0.4, 0.5) is 11.4 Å². The van der Waals surface area contributed by atoms with Gasteiger partial charge in [0.1, 0.15) is 9.71 Å². The van der Waals surface area contributed by atoms with Gasteiger partial charge in [0.25, 0.3) is 5.91 Å². The largest absolute Gasteiger partial charge is 0.397 e. The number of pyridine rings is 1. The lowest BCUT2D eigenvalue weighted by Gasteiger charge is -2.28. The number of nitrogens with one attached hydrogen (secondary N) is 1. The highest BCUT2D eigenvalue weighted by Gasteiger charge is 2.23. The highest BCUT2D eigenvalue weighted by atomic mass is 32.1. The Hall–Kier alpha value is -3.74. The number of hydrogen-bond donors (Lipinski definition) is 2. The number of anilines is 2. The van der Waals surface area contributed by atoms with E-state index in [9.17, 15) is 4.79 Å². The van der Waals surface area contributed by atoms with Gasteiger partial charge in [-0.3, -0.25) is 9.69 Å². The Morgan fingerprint density at radius 1 is 1.00 bits per heavy atom. The van der Waals surface area contributed by atoms with E-state index in [1.807, 2.05) is 42.5 Å². The zero-order chi connectivity index (χ0) is 23.8. The average Bonchev–Trinajstić information content (AvgIpc) is 3.22. The number of amides is 1. The van der Waals surface area contributed by atoms with Gasteiger partial charge in [0.05, 0.1) is 5.69 Å². The maximum absolute atomic E-state index is 13.2. The lowest BCUT2D eigenvalue weighted by atomic mass is 10.0. The topological polar surface area (TPSA) is 71.2 Å². The van der Waals surface area contributed by atoms with Crippen LogP contribution in [0.25, 0.3) is 21.0 Å². The van der Waals surface area contributed by atoms with Crippen molar-refractivity contribution in [3.8, 4) is 0 Å². The van der Waals surface area contributed by atoms with Gasteiger partial charge >= 0.3 is 0 Å². The number of nitrogens with two attached hydrogens (primary N) is 1. The van der Waals surface area contributed by atoms with Gasteiger partial charge in [0.2, 0.25) is 0 Å². The van der Waals surface area contributed by atoms with Crippen molar-refractivity contribution in [3.05, 3.63) is 101 Å². The second-order valence-electron chi connectivity index (χ2n) is 9.03. The molecule has 2 aromatic heterocycles. The summed E-state index contributed by atoms with van der Waals surface area (Å²) in [5, 5.41) is 6.03. The van der Waals surface area contributed by atoms with Crippen molar-refractivity contribution in [2.24, 2.45) is 0 Å². The van der Waals surface area contributed by atoms with Crippen LogP contribution in [-0.4, -0.2) is 28.9 Å². The Balaban J connectivity index is 1.24. The molecule has 35 heavy (non-hydrogen) atoms. The maximum Gasteiger partial charge on any atom is 0.267 e. The molecule has 0 saturated carbocycles. The second kappa shape index (κ2) is 9.13. The third kappa shape index (κ3) is 4.27. The number of fused-ring (bicyclic) bond motifs is 3. The van der Waals surface area contributed by atoms with E-state index in [0.29, 0.717) is 10.6 Å². The van der Waals surface area contributed by atoms with Crippen LogP contribution in [0.1, 0.15) is 26.5 Å². The summed E-state index contributed by atoms with van der Waals surface area (Å²) >= 11 is 1.38. The average molecular weight is 479 g/mol. The van der Waals surface area contributed by atoms with Gasteiger partial charge in [0, 0.05) is 48.2 Å².